The molecule has 0 fully saturated rings. The van der Waals surface area contributed by atoms with Crippen molar-refractivity contribution in [2.45, 2.75) is 30.1 Å². The van der Waals surface area contributed by atoms with Gasteiger partial charge < -0.3 is 4.18 Å². The first-order valence-electron chi connectivity index (χ1n) is 10.2. The van der Waals surface area contributed by atoms with Gasteiger partial charge >= 0.3 is 10.1 Å². The lowest BCUT2D eigenvalue weighted by Gasteiger charge is -2.10. The van der Waals surface area contributed by atoms with Gasteiger partial charge in [0, 0.05) is 16.0 Å². The fourth-order valence-electron chi connectivity index (χ4n) is 3.50. The Morgan fingerprint density at radius 2 is 1.39 bits per heavy atom. The van der Waals surface area contributed by atoms with E-state index in [0.717, 1.165) is 21.1 Å². The molecular weight excluding hydrogens is 573 g/mol. The molecule has 0 aliphatic heterocycles. The lowest BCUT2D eigenvalue weighted by molar-refractivity contribution is 0.486. The topological polar surface area (TPSA) is 82.4 Å². The Bertz CT molecular complexity index is 1520. The van der Waals surface area contributed by atoms with Gasteiger partial charge in [-0.05, 0) is 68.3 Å². The second kappa shape index (κ2) is 9.11. The number of hydrogen-bond donors (Lipinski definition) is 0. The van der Waals surface area contributed by atoms with Crippen molar-refractivity contribution in [3.63, 3.8) is 0 Å². The number of nitrogens with zero attached hydrogens (tertiary/aromatic N) is 1. The summed E-state index contributed by atoms with van der Waals surface area (Å²) in [5.74, 6) is 0.128. The molecule has 33 heavy (non-hydrogen) atoms. The molecule has 0 unspecified atom stereocenters. The lowest BCUT2D eigenvalue weighted by Crippen LogP contribution is -2.12. The van der Waals surface area contributed by atoms with Crippen LogP contribution >= 0.6 is 22.6 Å². The number of halogens is 1. The van der Waals surface area contributed by atoms with Crippen molar-refractivity contribution in [1.82, 2.24) is 3.97 Å². The van der Waals surface area contributed by atoms with Crippen LogP contribution in [0.25, 0.3) is 10.9 Å². The van der Waals surface area contributed by atoms with Gasteiger partial charge in [0.25, 0.3) is 10.0 Å². The Balaban J connectivity index is 1.79. The highest BCUT2D eigenvalue weighted by Gasteiger charge is 2.23. The van der Waals surface area contributed by atoms with Crippen LogP contribution in [0.15, 0.2) is 82.7 Å². The quantitative estimate of drug-likeness (QED) is 0.166. The van der Waals surface area contributed by atoms with E-state index in [4.69, 9.17) is 4.18 Å². The molecule has 0 N–H and O–H groups in total. The van der Waals surface area contributed by atoms with Gasteiger partial charge in [0.05, 0.1) is 10.4 Å². The van der Waals surface area contributed by atoms with Crippen molar-refractivity contribution >= 4 is 53.6 Å². The largest absolute Gasteiger partial charge is 0.379 e. The summed E-state index contributed by atoms with van der Waals surface area (Å²) in [5, 5.41) is 0.638. The van der Waals surface area contributed by atoms with Crippen LogP contribution in [0.2, 0.25) is 0 Å². The number of fused-ring (bicyclic) bond motifs is 1. The highest BCUT2D eigenvalue weighted by Crippen LogP contribution is 2.31. The molecule has 0 saturated heterocycles. The Morgan fingerprint density at radius 3 is 1.97 bits per heavy atom. The molecule has 6 nitrogen and oxygen atoms in total. The Morgan fingerprint density at radius 1 is 0.818 bits per heavy atom. The fourth-order valence-corrected chi connectivity index (χ4v) is 6.40. The second-order valence-corrected chi connectivity index (χ2v) is 12.2. The molecule has 4 rings (SSSR count). The van der Waals surface area contributed by atoms with E-state index in [1.54, 1.807) is 54.7 Å². The number of aromatic nitrogens is 1. The van der Waals surface area contributed by atoms with Gasteiger partial charge in [0.2, 0.25) is 0 Å². The molecule has 0 atom stereocenters. The van der Waals surface area contributed by atoms with Crippen LogP contribution in [-0.2, 0) is 26.6 Å². The molecular formula is C24H22INO5S2. The zero-order valence-corrected chi connectivity index (χ0v) is 21.8. The molecule has 0 aliphatic rings. The number of benzene rings is 3. The highest BCUT2D eigenvalue weighted by atomic mass is 127. The van der Waals surface area contributed by atoms with E-state index >= 15 is 0 Å². The summed E-state index contributed by atoms with van der Waals surface area (Å²) in [5.41, 5.74) is 3.17. The molecule has 4 aromatic rings. The predicted octanol–water partition coefficient (Wildman–Crippen LogP) is 5.24. The minimum atomic E-state index is -4.02. The SMILES string of the molecule is Cc1ccc(S(=O)(=O)Oc2ccc3c(c2)c(CCI)cn3S(=O)(=O)c2ccc(C)cc2)cc1. The minimum absolute atomic E-state index is 0.0557. The third-order valence-electron chi connectivity index (χ3n) is 5.28. The third kappa shape index (κ3) is 4.80. The average Bonchev–Trinajstić information content (AvgIpc) is 3.13. The van der Waals surface area contributed by atoms with Gasteiger partial charge in [0.1, 0.15) is 10.6 Å². The van der Waals surface area contributed by atoms with E-state index < -0.39 is 20.1 Å². The number of hydrogen-bond acceptors (Lipinski definition) is 5. The van der Waals surface area contributed by atoms with Crippen LogP contribution in [-0.4, -0.2) is 25.2 Å². The summed E-state index contributed by atoms with van der Waals surface area (Å²) >= 11 is 2.22. The van der Waals surface area contributed by atoms with Gasteiger partial charge in [-0.25, -0.2) is 12.4 Å². The summed E-state index contributed by atoms with van der Waals surface area (Å²) in [4.78, 5) is 0.244. The molecule has 0 saturated carbocycles. The molecule has 172 valence electrons. The van der Waals surface area contributed by atoms with Gasteiger partial charge in [-0.1, -0.05) is 58.0 Å². The number of aryl methyl sites for hydroxylation is 3. The molecule has 0 radical (unpaired) electrons. The van der Waals surface area contributed by atoms with Crippen LogP contribution in [0, 0.1) is 13.8 Å². The lowest BCUT2D eigenvalue weighted by atomic mass is 10.1. The molecule has 0 bridgehead atoms. The third-order valence-corrected chi connectivity index (χ3v) is 8.77. The first-order chi connectivity index (χ1) is 15.6. The highest BCUT2D eigenvalue weighted by molar-refractivity contribution is 14.1. The first-order valence-corrected chi connectivity index (χ1v) is 14.5. The predicted molar refractivity (Wildman–Crippen MR) is 137 cm³/mol. The first kappa shape index (κ1) is 23.8. The van der Waals surface area contributed by atoms with Gasteiger partial charge in [-0.2, -0.15) is 8.42 Å². The summed E-state index contributed by atoms with van der Waals surface area (Å²) in [6, 6.07) is 17.7. The van der Waals surface area contributed by atoms with Crippen molar-refractivity contribution in [3.05, 3.63) is 89.6 Å². The van der Waals surface area contributed by atoms with E-state index in [1.165, 1.54) is 22.2 Å². The zero-order valence-electron chi connectivity index (χ0n) is 18.0. The van der Waals surface area contributed by atoms with E-state index in [-0.39, 0.29) is 15.5 Å². The molecule has 0 aliphatic carbocycles. The van der Waals surface area contributed by atoms with Crippen LogP contribution in [0.4, 0.5) is 0 Å². The van der Waals surface area contributed by atoms with E-state index in [0.29, 0.717) is 17.3 Å². The van der Waals surface area contributed by atoms with Crippen LogP contribution < -0.4 is 4.18 Å². The van der Waals surface area contributed by atoms with Crippen LogP contribution in [0.5, 0.6) is 5.75 Å². The smallest absolute Gasteiger partial charge is 0.339 e. The molecule has 1 aromatic heterocycles. The minimum Gasteiger partial charge on any atom is -0.379 e. The molecule has 3 aromatic carbocycles. The number of rotatable bonds is 7. The molecule has 1 heterocycles. The normalized spacial score (nSPS) is 12.2. The Kier molecular flexibility index (Phi) is 6.56. The number of alkyl halides is 1. The van der Waals surface area contributed by atoms with Crippen LogP contribution in [0.1, 0.15) is 16.7 Å². The zero-order chi connectivity index (χ0) is 23.8. The summed E-state index contributed by atoms with van der Waals surface area (Å²) in [7, 11) is -7.84. The maximum absolute atomic E-state index is 13.3. The second-order valence-electron chi connectivity index (χ2n) is 7.74. The van der Waals surface area contributed by atoms with Crippen LogP contribution in [0.3, 0.4) is 0 Å². The van der Waals surface area contributed by atoms with Crippen molar-refractivity contribution in [2.75, 3.05) is 4.43 Å². The fraction of sp³-hybridized carbons (Fsp3) is 0.167. The summed E-state index contributed by atoms with van der Waals surface area (Å²) < 4.78 is 59.5. The van der Waals surface area contributed by atoms with E-state index in [2.05, 4.69) is 22.6 Å². The van der Waals surface area contributed by atoms with E-state index in [1.807, 2.05) is 13.8 Å². The summed E-state index contributed by atoms with van der Waals surface area (Å²) in [6.45, 7) is 3.77. The van der Waals surface area contributed by atoms with Crippen molar-refractivity contribution in [1.29, 1.82) is 0 Å². The van der Waals surface area contributed by atoms with Gasteiger partial charge in [0.15, 0.2) is 0 Å². The maximum atomic E-state index is 13.3. The Labute approximate surface area is 207 Å². The molecule has 0 amide bonds. The van der Waals surface area contributed by atoms with Gasteiger partial charge in [-0.3, -0.25) is 0 Å². The van der Waals surface area contributed by atoms with Crippen molar-refractivity contribution in [2.24, 2.45) is 0 Å². The standard InChI is InChI=1S/C24H22INO5S2/c1-17-3-8-21(9-4-17)32(27,28)26-16-19(13-14-25)23-15-20(7-12-24(23)26)31-33(29,30)22-10-5-18(2)6-11-22/h3-12,15-16H,13-14H2,1-2H3. The Hall–Kier alpha value is -2.37. The van der Waals surface area contributed by atoms with Crippen molar-refractivity contribution < 1.29 is 21.0 Å². The maximum Gasteiger partial charge on any atom is 0.339 e. The summed E-state index contributed by atoms with van der Waals surface area (Å²) in [6.07, 6.45) is 2.23. The van der Waals surface area contributed by atoms with Gasteiger partial charge in [-0.15, -0.1) is 0 Å². The van der Waals surface area contributed by atoms with E-state index in [9.17, 15) is 16.8 Å². The molecule has 9 heteroatoms. The monoisotopic (exact) mass is 595 g/mol. The average molecular weight is 595 g/mol. The molecule has 0 spiro atoms. The van der Waals surface area contributed by atoms with Crippen molar-refractivity contribution in [3.8, 4) is 5.75 Å².